The standard InChI is InChI=1S/C17H23N3/c1-10(2)12-4-6-13(7-5-12)16-11(3)19-17(20-16)14-8-15(18)9-14/h4-7,10,14-15H,8-9,18H2,1-3H3,(H,19,20). The molecule has 1 aliphatic carbocycles. The minimum Gasteiger partial charge on any atom is -0.345 e. The SMILES string of the molecule is Cc1[nH]c(C2CC(N)C2)nc1-c1ccc(C(C)C)cc1. The van der Waals surface area contributed by atoms with Crippen LogP contribution >= 0.6 is 0 Å². The third-order valence-corrected chi connectivity index (χ3v) is 4.32. The molecule has 3 N–H and O–H groups in total. The number of rotatable bonds is 3. The molecule has 0 saturated heterocycles. The Balaban J connectivity index is 1.86. The van der Waals surface area contributed by atoms with E-state index in [1.807, 2.05) is 0 Å². The molecule has 0 amide bonds. The number of nitrogens with one attached hydrogen (secondary N) is 1. The normalized spacial score (nSPS) is 22.1. The summed E-state index contributed by atoms with van der Waals surface area (Å²) in [5.41, 5.74) is 10.7. The fraction of sp³-hybridized carbons (Fsp3) is 0.471. The Hall–Kier alpha value is -1.61. The second-order valence-corrected chi connectivity index (χ2v) is 6.30. The van der Waals surface area contributed by atoms with Crippen LogP contribution in [0, 0.1) is 6.92 Å². The molecule has 0 spiro atoms. The Morgan fingerprint density at radius 2 is 1.85 bits per heavy atom. The second-order valence-electron chi connectivity index (χ2n) is 6.30. The van der Waals surface area contributed by atoms with E-state index in [4.69, 9.17) is 10.7 Å². The van der Waals surface area contributed by atoms with Crippen LogP contribution in [0.3, 0.4) is 0 Å². The maximum absolute atomic E-state index is 5.87. The molecular formula is C17H23N3. The van der Waals surface area contributed by atoms with Crippen LogP contribution in [0.5, 0.6) is 0 Å². The van der Waals surface area contributed by atoms with E-state index in [2.05, 4.69) is 50.0 Å². The van der Waals surface area contributed by atoms with Crippen LogP contribution in [0.1, 0.15) is 55.6 Å². The first-order valence-electron chi connectivity index (χ1n) is 7.47. The van der Waals surface area contributed by atoms with Crippen molar-refractivity contribution in [2.75, 3.05) is 0 Å². The average molecular weight is 269 g/mol. The van der Waals surface area contributed by atoms with Gasteiger partial charge in [0.15, 0.2) is 0 Å². The van der Waals surface area contributed by atoms with Crippen LogP contribution in [0.2, 0.25) is 0 Å². The van der Waals surface area contributed by atoms with Crippen LogP contribution in [-0.2, 0) is 0 Å². The summed E-state index contributed by atoms with van der Waals surface area (Å²) in [5.74, 6) is 2.19. The smallest absolute Gasteiger partial charge is 0.110 e. The van der Waals surface area contributed by atoms with Crippen LogP contribution < -0.4 is 5.73 Å². The molecule has 1 aromatic heterocycles. The third kappa shape index (κ3) is 2.38. The lowest BCUT2D eigenvalue weighted by Gasteiger charge is -2.30. The summed E-state index contributed by atoms with van der Waals surface area (Å²) < 4.78 is 0. The molecule has 1 fully saturated rings. The lowest BCUT2D eigenvalue weighted by molar-refractivity contribution is 0.340. The van der Waals surface area contributed by atoms with E-state index in [1.54, 1.807) is 0 Å². The van der Waals surface area contributed by atoms with Crippen molar-refractivity contribution >= 4 is 0 Å². The fourth-order valence-corrected chi connectivity index (χ4v) is 2.87. The highest BCUT2D eigenvalue weighted by Gasteiger charge is 2.30. The Labute approximate surface area is 120 Å². The van der Waals surface area contributed by atoms with Gasteiger partial charge in [0.05, 0.1) is 5.69 Å². The summed E-state index contributed by atoms with van der Waals surface area (Å²) in [7, 11) is 0. The third-order valence-electron chi connectivity index (χ3n) is 4.32. The number of aromatic amines is 1. The molecule has 0 bridgehead atoms. The molecular weight excluding hydrogens is 246 g/mol. The topological polar surface area (TPSA) is 54.7 Å². The first kappa shape index (κ1) is 13.4. The highest BCUT2D eigenvalue weighted by atomic mass is 15.0. The molecule has 20 heavy (non-hydrogen) atoms. The summed E-state index contributed by atoms with van der Waals surface area (Å²) in [4.78, 5) is 8.24. The number of benzene rings is 1. The van der Waals surface area contributed by atoms with Crippen molar-refractivity contribution in [2.45, 2.75) is 51.5 Å². The first-order chi connectivity index (χ1) is 9.54. The molecule has 1 saturated carbocycles. The van der Waals surface area contributed by atoms with Gasteiger partial charge < -0.3 is 10.7 Å². The quantitative estimate of drug-likeness (QED) is 0.892. The zero-order valence-corrected chi connectivity index (χ0v) is 12.5. The molecule has 1 aromatic carbocycles. The van der Waals surface area contributed by atoms with Crippen LogP contribution in [0.4, 0.5) is 0 Å². The van der Waals surface area contributed by atoms with E-state index >= 15 is 0 Å². The van der Waals surface area contributed by atoms with Crippen LogP contribution in [-0.4, -0.2) is 16.0 Å². The molecule has 3 rings (SSSR count). The lowest BCUT2D eigenvalue weighted by atomic mass is 9.80. The molecule has 0 aliphatic heterocycles. The minimum absolute atomic E-state index is 0.360. The van der Waals surface area contributed by atoms with Gasteiger partial charge in [-0.25, -0.2) is 4.98 Å². The summed E-state index contributed by atoms with van der Waals surface area (Å²) in [6.45, 7) is 6.53. The number of nitrogens with two attached hydrogens (primary N) is 1. The molecule has 0 radical (unpaired) electrons. The lowest BCUT2D eigenvalue weighted by Crippen LogP contribution is -2.35. The number of imidazole rings is 1. The van der Waals surface area contributed by atoms with Crippen LogP contribution in [0.15, 0.2) is 24.3 Å². The predicted molar refractivity (Wildman–Crippen MR) is 82.8 cm³/mol. The number of H-pyrrole nitrogens is 1. The van der Waals surface area contributed by atoms with E-state index in [9.17, 15) is 0 Å². The maximum atomic E-state index is 5.87. The van der Waals surface area contributed by atoms with Gasteiger partial charge in [0.2, 0.25) is 0 Å². The summed E-state index contributed by atoms with van der Waals surface area (Å²) >= 11 is 0. The van der Waals surface area contributed by atoms with Crippen molar-refractivity contribution in [3.8, 4) is 11.3 Å². The number of nitrogens with zero attached hydrogens (tertiary/aromatic N) is 1. The van der Waals surface area contributed by atoms with Crippen molar-refractivity contribution in [1.82, 2.24) is 9.97 Å². The van der Waals surface area contributed by atoms with E-state index < -0.39 is 0 Å². The van der Waals surface area contributed by atoms with Gasteiger partial charge in [-0.15, -0.1) is 0 Å². The maximum Gasteiger partial charge on any atom is 0.110 e. The predicted octanol–water partition coefficient (Wildman–Crippen LogP) is 3.71. The second kappa shape index (κ2) is 5.06. The zero-order valence-electron chi connectivity index (χ0n) is 12.5. The fourth-order valence-electron chi connectivity index (χ4n) is 2.87. The molecule has 3 heteroatoms. The minimum atomic E-state index is 0.360. The Bertz CT molecular complexity index is 589. The van der Waals surface area contributed by atoms with Gasteiger partial charge in [-0.05, 0) is 31.2 Å². The van der Waals surface area contributed by atoms with E-state index in [0.29, 0.717) is 17.9 Å². The van der Waals surface area contributed by atoms with Gasteiger partial charge in [-0.2, -0.15) is 0 Å². The van der Waals surface area contributed by atoms with Gasteiger partial charge in [-0.1, -0.05) is 38.1 Å². The largest absolute Gasteiger partial charge is 0.345 e. The van der Waals surface area contributed by atoms with Crippen molar-refractivity contribution in [1.29, 1.82) is 0 Å². The van der Waals surface area contributed by atoms with Crippen molar-refractivity contribution in [3.05, 3.63) is 41.3 Å². The zero-order chi connectivity index (χ0) is 14.3. The Morgan fingerprint density at radius 3 is 2.40 bits per heavy atom. The van der Waals surface area contributed by atoms with E-state index in [0.717, 1.165) is 30.1 Å². The molecule has 106 valence electrons. The van der Waals surface area contributed by atoms with Gasteiger partial charge in [0.25, 0.3) is 0 Å². The van der Waals surface area contributed by atoms with Gasteiger partial charge in [0.1, 0.15) is 5.82 Å². The summed E-state index contributed by atoms with van der Waals surface area (Å²) in [6.07, 6.45) is 2.11. The van der Waals surface area contributed by atoms with Crippen molar-refractivity contribution in [3.63, 3.8) is 0 Å². The van der Waals surface area contributed by atoms with Gasteiger partial charge >= 0.3 is 0 Å². The first-order valence-corrected chi connectivity index (χ1v) is 7.47. The Kier molecular flexibility index (Phi) is 3.38. The van der Waals surface area contributed by atoms with Gasteiger partial charge in [0, 0.05) is 23.2 Å². The van der Waals surface area contributed by atoms with E-state index in [1.165, 1.54) is 11.1 Å². The highest BCUT2D eigenvalue weighted by Crippen LogP contribution is 2.35. The number of aryl methyl sites for hydroxylation is 1. The summed E-state index contributed by atoms with van der Waals surface area (Å²) in [5, 5.41) is 0. The van der Waals surface area contributed by atoms with E-state index in [-0.39, 0.29) is 0 Å². The molecule has 1 aliphatic rings. The molecule has 1 heterocycles. The van der Waals surface area contributed by atoms with Crippen LogP contribution in [0.25, 0.3) is 11.3 Å². The molecule has 3 nitrogen and oxygen atoms in total. The molecule has 0 atom stereocenters. The van der Waals surface area contributed by atoms with Gasteiger partial charge in [-0.3, -0.25) is 0 Å². The molecule has 2 aromatic rings. The summed E-state index contributed by atoms with van der Waals surface area (Å²) in [6, 6.07) is 9.11. The average Bonchev–Trinajstić information content (AvgIpc) is 2.77. The Morgan fingerprint density at radius 1 is 1.20 bits per heavy atom. The van der Waals surface area contributed by atoms with Crippen molar-refractivity contribution in [2.24, 2.45) is 5.73 Å². The molecule has 0 unspecified atom stereocenters. The number of hydrogen-bond acceptors (Lipinski definition) is 2. The number of aromatic nitrogens is 2. The monoisotopic (exact) mass is 269 g/mol. The number of hydrogen-bond donors (Lipinski definition) is 2. The highest BCUT2D eigenvalue weighted by molar-refractivity contribution is 5.62. The van der Waals surface area contributed by atoms with Crippen molar-refractivity contribution < 1.29 is 0 Å².